The maximum Gasteiger partial charge on any atom is 0.146 e. The second-order valence-corrected chi connectivity index (χ2v) is 6.38. The summed E-state index contributed by atoms with van der Waals surface area (Å²) in [6.07, 6.45) is 2.08. The Balaban J connectivity index is 1.61. The first-order valence-electron chi connectivity index (χ1n) is 8.72. The van der Waals surface area contributed by atoms with Crippen LogP contribution < -0.4 is 4.90 Å². The van der Waals surface area contributed by atoms with E-state index >= 15 is 0 Å². The molecule has 1 fully saturated rings. The Bertz CT molecular complexity index is 821. The summed E-state index contributed by atoms with van der Waals surface area (Å²) in [5.41, 5.74) is 2.01. The molecule has 132 valence electrons. The van der Waals surface area contributed by atoms with Crippen molar-refractivity contribution >= 4 is 5.82 Å². The Morgan fingerprint density at radius 1 is 1.04 bits per heavy atom. The van der Waals surface area contributed by atoms with Gasteiger partial charge in [0.2, 0.25) is 0 Å². The van der Waals surface area contributed by atoms with E-state index in [0.29, 0.717) is 17.7 Å². The molecule has 1 unspecified atom stereocenters. The van der Waals surface area contributed by atoms with Crippen LogP contribution in [0.4, 0.5) is 5.82 Å². The van der Waals surface area contributed by atoms with Gasteiger partial charge >= 0.3 is 0 Å². The van der Waals surface area contributed by atoms with Crippen molar-refractivity contribution < 1.29 is 5.11 Å². The highest BCUT2D eigenvalue weighted by Crippen LogP contribution is 2.20. The lowest BCUT2D eigenvalue weighted by Crippen LogP contribution is -2.34. The van der Waals surface area contributed by atoms with Crippen LogP contribution in [0.15, 0.2) is 42.6 Å². The van der Waals surface area contributed by atoms with Crippen molar-refractivity contribution in [1.29, 1.82) is 10.5 Å². The van der Waals surface area contributed by atoms with Gasteiger partial charge in [-0.25, -0.2) is 4.98 Å². The van der Waals surface area contributed by atoms with E-state index in [1.54, 1.807) is 42.6 Å². The molecule has 0 radical (unpaired) electrons. The molecule has 6 nitrogen and oxygen atoms in total. The highest BCUT2D eigenvalue weighted by atomic mass is 16.3. The molecule has 0 saturated carbocycles. The third-order valence-electron chi connectivity index (χ3n) is 4.65. The first-order chi connectivity index (χ1) is 12.7. The number of nitriles is 2. The van der Waals surface area contributed by atoms with E-state index in [1.807, 2.05) is 0 Å². The lowest BCUT2D eigenvalue weighted by Gasteiger charge is -2.25. The molecule has 1 N–H and O–H groups in total. The van der Waals surface area contributed by atoms with Gasteiger partial charge in [-0.1, -0.05) is 12.1 Å². The van der Waals surface area contributed by atoms with Gasteiger partial charge in [0.1, 0.15) is 11.9 Å². The van der Waals surface area contributed by atoms with E-state index < -0.39 is 6.10 Å². The molecule has 1 aromatic carbocycles. The van der Waals surface area contributed by atoms with Gasteiger partial charge in [0.25, 0.3) is 0 Å². The van der Waals surface area contributed by atoms with Crippen LogP contribution in [-0.4, -0.2) is 47.7 Å². The number of aliphatic hydroxyl groups is 1. The number of anilines is 1. The predicted octanol–water partition coefficient (Wildman–Crippen LogP) is 2.07. The maximum atomic E-state index is 10.5. The zero-order valence-electron chi connectivity index (χ0n) is 14.5. The maximum absolute atomic E-state index is 10.5. The fourth-order valence-electron chi connectivity index (χ4n) is 3.23. The predicted molar refractivity (Wildman–Crippen MR) is 98.3 cm³/mol. The van der Waals surface area contributed by atoms with Crippen molar-refractivity contribution in [2.24, 2.45) is 0 Å². The average Bonchev–Trinajstić information content (AvgIpc) is 2.93. The van der Waals surface area contributed by atoms with Crippen molar-refractivity contribution in [1.82, 2.24) is 9.88 Å². The van der Waals surface area contributed by atoms with Gasteiger partial charge in [-0.15, -0.1) is 0 Å². The lowest BCUT2D eigenvalue weighted by molar-refractivity contribution is 0.117. The van der Waals surface area contributed by atoms with Crippen molar-refractivity contribution in [2.45, 2.75) is 12.5 Å². The molecule has 2 aromatic rings. The quantitative estimate of drug-likeness (QED) is 0.911. The van der Waals surface area contributed by atoms with Crippen molar-refractivity contribution in [3.8, 4) is 12.1 Å². The van der Waals surface area contributed by atoms with E-state index in [0.717, 1.165) is 44.0 Å². The molecule has 26 heavy (non-hydrogen) atoms. The fraction of sp³-hybridized carbons (Fsp3) is 0.350. The average molecular weight is 347 g/mol. The molecule has 6 heteroatoms. The van der Waals surface area contributed by atoms with Gasteiger partial charge in [-0.2, -0.15) is 10.5 Å². The normalized spacial score (nSPS) is 16.3. The molecule has 3 rings (SSSR count). The smallest absolute Gasteiger partial charge is 0.146 e. The van der Waals surface area contributed by atoms with Crippen molar-refractivity contribution in [3.63, 3.8) is 0 Å². The molecule has 2 heterocycles. The van der Waals surface area contributed by atoms with Crippen LogP contribution in [0.3, 0.4) is 0 Å². The topological polar surface area (TPSA) is 87.2 Å². The van der Waals surface area contributed by atoms with E-state index in [9.17, 15) is 10.4 Å². The Morgan fingerprint density at radius 2 is 1.85 bits per heavy atom. The number of rotatable bonds is 4. The summed E-state index contributed by atoms with van der Waals surface area (Å²) < 4.78 is 0. The highest BCUT2D eigenvalue weighted by Gasteiger charge is 2.20. The minimum absolute atomic E-state index is 0.549. The molecule has 0 bridgehead atoms. The number of nitrogens with zero attached hydrogens (tertiary/aromatic N) is 5. The monoisotopic (exact) mass is 347 g/mol. The Labute approximate surface area is 153 Å². The molecule has 0 aliphatic carbocycles. The van der Waals surface area contributed by atoms with Crippen LogP contribution in [0.5, 0.6) is 0 Å². The second-order valence-electron chi connectivity index (χ2n) is 6.38. The zero-order chi connectivity index (χ0) is 18.4. The Kier molecular flexibility index (Phi) is 5.80. The van der Waals surface area contributed by atoms with Crippen LogP contribution in [0.25, 0.3) is 0 Å². The Morgan fingerprint density at radius 3 is 2.58 bits per heavy atom. The van der Waals surface area contributed by atoms with Crippen LogP contribution >= 0.6 is 0 Å². The van der Waals surface area contributed by atoms with Gasteiger partial charge < -0.3 is 10.0 Å². The molecule has 0 spiro atoms. The van der Waals surface area contributed by atoms with Crippen LogP contribution in [-0.2, 0) is 0 Å². The molecule has 1 aliphatic rings. The summed E-state index contributed by atoms with van der Waals surface area (Å²) in [6.45, 7) is 3.85. The molecule has 1 saturated heterocycles. The van der Waals surface area contributed by atoms with E-state index in [1.165, 1.54) is 0 Å². The number of β-amino-alcohol motifs (C(OH)–C–C–N with tert-alkyl or cyclic N) is 1. The first kappa shape index (κ1) is 17.9. The van der Waals surface area contributed by atoms with Crippen LogP contribution in [0.1, 0.15) is 29.2 Å². The van der Waals surface area contributed by atoms with E-state index in [4.69, 9.17) is 5.26 Å². The summed E-state index contributed by atoms with van der Waals surface area (Å²) in [4.78, 5) is 8.75. The number of benzene rings is 1. The summed E-state index contributed by atoms with van der Waals surface area (Å²) >= 11 is 0. The highest BCUT2D eigenvalue weighted by molar-refractivity contribution is 5.53. The van der Waals surface area contributed by atoms with Crippen molar-refractivity contribution in [3.05, 3.63) is 59.3 Å². The largest absolute Gasteiger partial charge is 0.387 e. The molecule has 1 atom stereocenters. The number of pyridine rings is 1. The molecular formula is C20H21N5O. The minimum Gasteiger partial charge on any atom is -0.387 e. The fourth-order valence-corrected chi connectivity index (χ4v) is 3.23. The van der Waals surface area contributed by atoms with Crippen molar-refractivity contribution in [2.75, 3.05) is 37.6 Å². The van der Waals surface area contributed by atoms with Crippen LogP contribution in [0, 0.1) is 22.7 Å². The van der Waals surface area contributed by atoms with Crippen LogP contribution in [0.2, 0.25) is 0 Å². The number of hydrogen-bond donors (Lipinski definition) is 1. The van der Waals surface area contributed by atoms with Gasteiger partial charge in [-0.05, 0) is 36.2 Å². The summed E-state index contributed by atoms with van der Waals surface area (Å²) in [6, 6.07) is 14.9. The van der Waals surface area contributed by atoms with Gasteiger partial charge in [0.15, 0.2) is 0 Å². The van der Waals surface area contributed by atoms with Gasteiger partial charge in [-0.3, -0.25) is 4.90 Å². The SMILES string of the molecule is N#Cc1ccc(C(O)CN2CCCN(c3ncccc3C#N)CC2)cc1. The third kappa shape index (κ3) is 4.18. The number of aromatic nitrogens is 1. The zero-order valence-corrected chi connectivity index (χ0v) is 14.5. The molecular weight excluding hydrogens is 326 g/mol. The van der Waals surface area contributed by atoms with E-state index in [2.05, 4.69) is 26.9 Å². The summed E-state index contributed by atoms with van der Waals surface area (Å²) in [5, 5.41) is 28.6. The third-order valence-corrected chi connectivity index (χ3v) is 4.65. The molecule has 1 aromatic heterocycles. The standard InChI is InChI=1S/C20H21N5O/c21-13-16-4-6-17(7-5-16)19(26)15-24-9-2-10-25(12-11-24)20-18(14-22)3-1-8-23-20/h1,3-8,19,26H,2,9-12,15H2. The first-order valence-corrected chi connectivity index (χ1v) is 8.72. The minimum atomic E-state index is -0.584. The van der Waals surface area contributed by atoms with E-state index in [-0.39, 0.29) is 0 Å². The van der Waals surface area contributed by atoms with Gasteiger partial charge in [0.05, 0.1) is 23.3 Å². The lowest BCUT2D eigenvalue weighted by atomic mass is 10.1. The molecule has 0 amide bonds. The Hall–Kier alpha value is -2.93. The summed E-state index contributed by atoms with van der Waals surface area (Å²) in [7, 11) is 0. The number of hydrogen-bond acceptors (Lipinski definition) is 6. The second kappa shape index (κ2) is 8.44. The van der Waals surface area contributed by atoms with Gasteiger partial charge in [0, 0.05) is 38.9 Å². The number of aliphatic hydroxyl groups excluding tert-OH is 1. The summed E-state index contributed by atoms with van der Waals surface area (Å²) in [5.74, 6) is 0.740. The molecule has 1 aliphatic heterocycles.